The number of thiophene rings is 1. The predicted molar refractivity (Wildman–Crippen MR) is 80.7 cm³/mol. The number of aromatic amines is 1. The fraction of sp³-hybridized carbons (Fsp3) is 0.133. The van der Waals surface area contributed by atoms with Crippen LogP contribution in [0.4, 0.5) is 4.39 Å². The smallest absolute Gasteiger partial charge is 0.269 e. The molecule has 0 radical (unpaired) electrons. The second kappa shape index (κ2) is 6.57. The number of rotatable bonds is 6. The van der Waals surface area contributed by atoms with Crippen LogP contribution in [-0.2, 0) is 17.6 Å². The summed E-state index contributed by atoms with van der Waals surface area (Å²) in [6.07, 6.45) is 0.644. The normalized spacial score (nSPS) is 10.7. The van der Waals surface area contributed by atoms with Gasteiger partial charge in [-0.1, -0.05) is 12.1 Å². The summed E-state index contributed by atoms with van der Waals surface area (Å²) >= 11 is 1.49. The van der Waals surface area contributed by atoms with Gasteiger partial charge in [-0.25, -0.2) is 4.39 Å². The molecule has 23 heavy (non-hydrogen) atoms. The standard InChI is InChI=1S/C15H11FN4O2S/c16-11-3-1-9(2-4-11)5-12-6-10(8-23-12)7-13(21)14(22)15-17-19-20-18-15/h1-4,6,8H,5,7H2,(H,17,18,19,20). The van der Waals surface area contributed by atoms with Gasteiger partial charge in [-0.2, -0.15) is 5.21 Å². The lowest BCUT2D eigenvalue weighted by Gasteiger charge is -1.98. The minimum absolute atomic E-state index is 0.00666. The highest BCUT2D eigenvalue weighted by atomic mass is 32.1. The Balaban J connectivity index is 1.64. The molecule has 0 fully saturated rings. The van der Waals surface area contributed by atoms with Crippen LogP contribution in [0.1, 0.15) is 26.6 Å². The summed E-state index contributed by atoms with van der Waals surface area (Å²) in [6.45, 7) is 0. The fourth-order valence-electron chi connectivity index (χ4n) is 2.06. The van der Waals surface area contributed by atoms with Gasteiger partial charge in [0.2, 0.25) is 11.6 Å². The third-order valence-corrected chi connectivity index (χ3v) is 4.15. The maximum atomic E-state index is 12.9. The SMILES string of the molecule is O=C(Cc1csc(Cc2ccc(F)cc2)c1)C(=O)c1nn[nH]n1. The third kappa shape index (κ3) is 3.72. The van der Waals surface area contributed by atoms with E-state index >= 15 is 0 Å². The Hall–Kier alpha value is -2.74. The topological polar surface area (TPSA) is 88.6 Å². The van der Waals surface area contributed by atoms with E-state index in [0.717, 1.165) is 16.0 Å². The van der Waals surface area contributed by atoms with Crippen LogP contribution < -0.4 is 0 Å². The van der Waals surface area contributed by atoms with Crippen LogP contribution >= 0.6 is 11.3 Å². The Morgan fingerprint density at radius 1 is 1.17 bits per heavy atom. The van der Waals surface area contributed by atoms with E-state index in [9.17, 15) is 14.0 Å². The molecular formula is C15H11FN4O2S. The molecule has 0 aliphatic carbocycles. The van der Waals surface area contributed by atoms with Crippen molar-refractivity contribution in [1.82, 2.24) is 20.6 Å². The average Bonchev–Trinajstić information content (AvgIpc) is 3.21. The highest BCUT2D eigenvalue weighted by Gasteiger charge is 2.21. The number of halogens is 1. The van der Waals surface area contributed by atoms with Gasteiger partial charge in [0.05, 0.1) is 0 Å². The summed E-state index contributed by atoms with van der Waals surface area (Å²) < 4.78 is 12.9. The summed E-state index contributed by atoms with van der Waals surface area (Å²) in [5.41, 5.74) is 1.74. The van der Waals surface area contributed by atoms with Gasteiger partial charge in [0.1, 0.15) is 5.82 Å². The van der Waals surface area contributed by atoms with Crippen molar-refractivity contribution in [1.29, 1.82) is 0 Å². The second-order valence-corrected chi connectivity index (χ2v) is 5.88. The van der Waals surface area contributed by atoms with Gasteiger partial charge in [-0.3, -0.25) is 9.59 Å². The first-order valence-electron chi connectivity index (χ1n) is 6.73. The van der Waals surface area contributed by atoms with Crippen molar-refractivity contribution < 1.29 is 14.0 Å². The Kier molecular flexibility index (Phi) is 4.33. The second-order valence-electron chi connectivity index (χ2n) is 4.89. The van der Waals surface area contributed by atoms with Crippen molar-refractivity contribution in [3.63, 3.8) is 0 Å². The number of carbonyl (C=O) groups excluding carboxylic acids is 2. The van der Waals surface area contributed by atoms with Crippen molar-refractivity contribution in [2.45, 2.75) is 12.8 Å². The molecular weight excluding hydrogens is 319 g/mol. The molecule has 0 atom stereocenters. The van der Waals surface area contributed by atoms with Crippen LogP contribution in [0.5, 0.6) is 0 Å². The van der Waals surface area contributed by atoms with Gasteiger partial charge in [-0.05, 0) is 39.9 Å². The molecule has 0 saturated carbocycles. The minimum Gasteiger partial charge on any atom is -0.290 e. The molecule has 0 amide bonds. The molecule has 6 nitrogen and oxygen atoms in total. The Morgan fingerprint density at radius 2 is 1.96 bits per heavy atom. The van der Waals surface area contributed by atoms with Crippen LogP contribution in [0.15, 0.2) is 35.7 Å². The van der Waals surface area contributed by atoms with Gasteiger partial charge < -0.3 is 0 Å². The van der Waals surface area contributed by atoms with Gasteiger partial charge in [0.15, 0.2) is 0 Å². The van der Waals surface area contributed by atoms with E-state index in [4.69, 9.17) is 0 Å². The number of H-pyrrole nitrogens is 1. The van der Waals surface area contributed by atoms with Crippen LogP contribution in [-0.4, -0.2) is 32.2 Å². The molecule has 0 aliphatic rings. The van der Waals surface area contributed by atoms with E-state index in [1.54, 1.807) is 12.1 Å². The number of benzene rings is 1. The summed E-state index contributed by atoms with van der Waals surface area (Å²) in [5, 5.41) is 14.2. The molecule has 3 aromatic rings. The number of hydrogen-bond donors (Lipinski definition) is 1. The number of nitrogens with zero attached hydrogens (tertiary/aromatic N) is 3. The van der Waals surface area contributed by atoms with Gasteiger partial charge in [0.25, 0.3) is 5.78 Å². The lowest BCUT2D eigenvalue weighted by Crippen LogP contribution is -2.17. The van der Waals surface area contributed by atoms with Crippen LogP contribution in [0.2, 0.25) is 0 Å². The number of aromatic nitrogens is 4. The van der Waals surface area contributed by atoms with Crippen LogP contribution in [0.3, 0.4) is 0 Å². The molecule has 116 valence electrons. The van der Waals surface area contributed by atoms with E-state index in [0.29, 0.717) is 6.42 Å². The zero-order valence-electron chi connectivity index (χ0n) is 11.8. The predicted octanol–water partition coefficient (Wildman–Crippen LogP) is 1.99. The summed E-state index contributed by atoms with van der Waals surface area (Å²) in [4.78, 5) is 24.7. The van der Waals surface area contributed by atoms with Crippen molar-refractivity contribution in [3.05, 3.63) is 63.4 Å². The maximum absolute atomic E-state index is 12.9. The van der Waals surface area contributed by atoms with Crippen LogP contribution in [0.25, 0.3) is 0 Å². The van der Waals surface area contributed by atoms with Gasteiger partial charge in [-0.15, -0.1) is 21.5 Å². The molecule has 0 saturated heterocycles. The zero-order chi connectivity index (χ0) is 16.2. The Labute approximate surface area is 134 Å². The van der Waals surface area contributed by atoms with E-state index in [-0.39, 0.29) is 18.1 Å². The van der Waals surface area contributed by atoms with Gasteiger partial charge >= 0.3 is 0 Å². The van der Waals surface area contributed by atoms with E-state index in [1.807, 2.05) is 11.4 Å². The molecule has 2 aromatic heterocycles. The number of tetrazole rings is 1. The summed E-state index contributed by atoms with van der Waals surface area (Å²) in [5.74, 6) is -1.84. The lowest BCUT2D eigenvalue weighted by atomic mass is 10.1. The lowest BCUT2D eigenvalue weighted by molar-refractivity contribution is -0.114. The Bertz CT molecular complexity index is 828. The fourth-order valence-corrected chi connectivity index (χ4v) is 2.99. The van der Waals surface area contributed by atoms with Gasteiger partial charge in [0, 0.05) is 17.7 Å². The Morgan fingerprint density at radius 3 is 2.65 bits per heavy atom. The number of ketones is 2. The monoisotopic (exact) mass is 330 g/mol. The quantitative estimate of drug-likeness (QED) is 0.551. The van der Waals surface area contributed by atoms with E-state index in [2.05, 4.69) is 20.6 Å². The third-order valence-electron chi connectivity index (χ3n) is 3.17. The maximum Gasteiger partial charge on any atom is 0.269 e. The van der Waals surface area contributed by atoms with Crippen molar-refractivity contribution in [3.8, 4) is 0 Å². The molecule has 0 aliphatic heterocycles. The molecule has 0 spiro atoms. The van der Waals surface area contributed by atoms with E-state index < -0.39 is 11.6 Å². The van der Waals surface area contributed by atoms with E-state index in [1.165, 1.54) is 23.5 Å². The summed E-state index contributed by atoms with van der Waals surface area (Å²) in [6, 6.07) is 8.14. The van der Waals surface area contributed by atoms with Crippen LogP contribution in [0, 0.1) is 5.82 Å². The molecule has 2 heterocycles. The number of hydrogen-bond acceptors (Lipinski definition) is 6. The molecule has 0 unspecified atom stereocenters. The molecule has 1 aromatic carbocycles. The first kappa shape index (κ1) is 15.2. The first-order valence-corrected chi connectivity index (χ1v) is 7.61. The molecule has 8 heteroatoms. The highest BCUT2D eigenvalue weighted by molar-refractivity contribution is 7.10. The number of Topliss-reactive ketones (excluding diaryl/α,β-unsaturated/α-hetero) is 2. The first-order chi connectivity index (χ1) is 11.1. The minimum atomic E-state index is -0.759. The summed E-state index contributed by atoms with van der Waals surface area (Å²) in [7, 11) is 0. The molecule has 1 N–H and O–H groups in total. The highest BCUT2D eigenvalue weighted by Crippen LogP contribution is 2.19. The molecule has 3 rings (SSSR count). The number of carbonyl (C=O) groups is 2. The molecule has 0 bridgehead atoms. The average molecular weight is 330 g/mol. The van der Waals surface area contributed by atoms with Crippen molar-refractivity contribution in [2.24, 2.45) is 0 Å². The zero-order valence-corrected chi connectivity index (χ0v) is 12.6. The van der Waals surface area contributed by atoms with Crippen molar-refractivity contribution in [2.75, 3.05) is 0 Å². The number of nitrogens with one attached hydrogen (secondary N) is 1. The largest absolute Gasteiger partial charge is 0.290 e. The van der Waals surface area contributed by atoms with Crippen molar-refractivity contribution >= 4 is 22.9 Å².